The van der Waals surface area contributed by atoms with Gasteiger partial charge in [0, 0.05) is 12.6 Å². The molecule has 1 aliphatic heterocycles. The summed E-state index contributed by atoms with van der Waals surface area (Å²) in [4.78, 5) is 6.09. The highest BCUT2D eigenvalue weighted by Crippen LogP contribution is 2.22. The lowest BCUT2D eigenvalue weighted by Gasteiger charge is -2.34. The molecule has 14 heavy (non-hydrogen) atoms. The zero-order valence-electron chi connectivity index (χ0n) is 8.41. The van der Waals surface area contributed by atoms with Gasteiger partial charge in [-0.15, -0.1) is 0 Å². The Balaban J connectivity index is 2.20. The second kappa shape index (κ2) is 3.95. The Morgan fingerprint density at radius 1 is 1.43 bits per heavy atom. The zero-order chi connectivity index (χ0) is 9.97. The second-order valence-corrected chi connectivity index (χ2v) is 3.86. The van der Waals surface area contributed by atoms with Gasteiger partial charge in [-0.25, -0.2) is 4.98 Å². The number of halogens is 1. The Morgan fingerprint density at radius 2 is 2.29 bits per heavy atom. The van der Waals surface area contributed by atoms with Crippen LogP contribution in [0.1, 0.15) is 26.2 Å². The van der Waals surface area contributed by atoms with Crippen molar-refractivity contribution in [3.63, 3.8) is 0 Å². The monoisotopic (exact) mass is 194 g/mol. The van der Waals surface area contributed by atoms with Gasteiger partial charge in [-0.2, -0.15) is 4.39 Å². The predicted octanol–water partition coefficient (Wildman–Crippen LogP) is 2.60. The Bertz CT molecular complexity index is 314. The Hall–Kier alpha value is -1.12. The van der Waals surface area contributed by atoms with Crippen LogP contribution in [-0.4, -0.2) is 17.6 Å². The smallest absolute Gasteiger partial charge is 0.214 e. The minimum absolute atomic E-state index is 0.389. The van der Waals surface area contributed by atoms with Gasteiger partial charge in [-0.05, 0) is 38.3 Å². The lowest BCUT2D eigenvalue weighted by molar-refractivity contribution is 0.476. The average Bonchev–Trinajstić information content (AvgIpc) is 2.18. The maximum absolute atomic E-state index is 12.9. The largest absolute Gasteiger partial charge is 0.354 e. The van der Waals surface area contributed by atoms with Crippen molar-refractivity contribution in [2.75, 3.05) is 11.4 Å². The van der Waals surface area contributed by atoms with Crippen LogP contribution >= 0.6 is 0 Å². The minimum atomic E-state index is -0.389. The van der Waals surface area contributed by atoms with E-state index in [1.807, 2.05) is 6.07 Å². The Labute approximate surface area is 83.8 Å². The van der Waals surface area contributed by atoms with Crippen molar-refractivity contribution in [2.24, 2.45) is 0 Å². The molecule has 1 aromatic rings. The molecule has 1 fully saturated rings. The molecule has 0 aromatic carbocycles. The van der Waals surface area contributed by atoms with E-state index in [1.165, 1.54) is 25.3 Å². The van der Waals surface area contributed by atoms with Crippen molar-refractivity contribution in [2.45, 2.75) is 32.2 Å². The summed E-state index contributed by atoms with van der Waals surface area (Å²) in [5.41, 5.74) is 0. The van der Waals surface area contributed by atoms with Crippen molar-refractivity contribution in [3.05, 3.63) is 24.1 Å². The van der Waals surface area contributed by atoms with Gasteiger partial charge in [0.2, 0.25) is 5.95 Å². The van der Waals surface area contributed by atoms with Gasteiger partial charge in [-0.3, -0.25) is 0 Å². The molecule has 1 saturated heterocycles. The van der Waals surface area contributed by atoms with Crippen LogP contribution in [0.3, 0.4) is 0 Å². The fourth-order valence-electron chi connectivity index (χ4n) is 2.00. The molecule has 1 aliphatic rings. The molecule has 0 aliphatic carbocycles. The second-order valence-electron chi connectivity index (χ2n) is 3.86. The van der Waals surface area contributed by atoms with Gasteiger partial charge in [-0.1, -0.05) is 6.07 Å². The molecular weight excluding hydrogens is 179 g/mol. The number of rotatable bonds is 1. The molecule has 2 nitrogen and oxygen atoms in total. The predicted molar refractivity (Wildman–Crippen MR) is 54.9 cm³/mol. The van der Waals surface area contributed by atoms with Crippen molar-refractivity contribution >= 4 is 5.82 Å². The van der Waals surface area contributed by atoms with Crippen LogP contribution in [0.2, 0.25) is 0 Å². The van der Waals surface area contributed by atoms with E-state index in [0.717, 1.165) is 12.4 Å². The Morgan fingerprint density at radius 3 is 3.00 bits per heavy atom. The number of piperidine rings is 1. The van der Waals surface area contributed by atoms with Gasteiger partial charge in [0.15, 0.2) is 0 Å². The van der Waals surface area contributed by atoms with E-state index in [1.54, 1.807) is 6.07 Å². The highest BCUT2D eigenvalue weighted by atomic mass is 19.1. The van der Waals surface area contributed by atoms with Crippen molar-refractivity contribution in [1.29, 1.82) is 0 Å². The van der Waals surface area contributed by atoms with Crippen LogP contribution in [0.25, 0.3) is 0 Å². The molecule has 0 amide bonds. The third kappa shape index (κ3) is 1.86. The first-order valence-electron chi connectivity index (χ1n) is 5.16. The van der Waals surface area contributed by atoms with Crippen LogP contribution < -0.4 is 4.90 Å². The highest BCUT2D eigenvalue weighted by Gasteiger charge is 2.19. The average molecular weight is 194 g/mol. The normalized spacial score (nSPS) is 22.4. The molecule has 0 saturated carbocycles. The first-order valence-corrected chi connectivity index (χ1v) is 5.16. The summed E-state index contributed by atoms with van der Waals surface area (Å²) in [6.07, 6.45) is 3.63. The molecule has 76 valence electrons. The molecule has 0 N–H and O–H groups in total. The summed E-state index contributed by atoms with van der Waals surface area (Å²) in [7, 11) is 0. The fraction of sp³-hybridized carbons (Fsp3) is 0.545. The number of hydrogen-bond donors (Lipinski definition) is 0. The molecule has 3 heteroatoms. The number of nitrogens with zero attached hydrogens (tertiary/aromatic N) is 2. The lowest BCUT2D eigenvalue weighted by Crippen LogP contribution is -2.38. The molecule has 2 rings (SSSR count). The van der Waals surface area contributed by atoms with Gasteiger partial charge < -0.3 is 4.90 Å². The van der Waals surface area contributed by atoms with E-state index in [2.05, 4.69) is 16.8 Å². The summed E-state index contributed by atoms with van der Waals surface area (Å²) in [6, 6.07) is 5.47. The summed E-state index contributed by atoms with van der Waals surface area (Å²) in [5, 5.41) is 0. The van der Waals surface area contributed by atoms with Crippen LogP contribution in [0.4, 0.5) is 10.2 Å². The third-order valence-electron chi connectivity index (χ3n) is 2.80. The SMILES string of the molecule is CC1CCCCN1c1cccc(F)n1. The standard InChI is InChI=1S/C11H15FN2/c1-9-5-2-3-8-14(9)11-7-4-6-10(12)13-11/h4,6-7,9H,2-3,5,8H2,1H3. The zero-order valence-corrected chi connectivity index (χ0v) is 8.41. The molecule has 0 spiro atoms. The lowest BCUT2D eigenvalue weighted by atomic mass is 10.0. The first kappa shape index (κ1) is 9.44. The molecule has 1 atom stereocenters. The van der Waals surface area contributed by atoms with Crippen molar-refractivity contribution in [3.8, 4) is 0 Å². The maximum atomic E-state index is 12.9. The number of aromatic nitrogens is 1. The number of pyridine rings is 1. The van der Waals surface area contributed by atoms with Crippen LogP contribution in [-0.2, 0) is 0 Å². The van der Waals surface area contributed by atoms with E-state index in [-0.39, 0.29) is 5.95 Å². The number of anilines is 1. The summed E-state index contributed by atoms with van der Waals surface area (Å²) in [6.45, 7) is 3.17. The third-order valence-corrected chi connectivity index (χ3v) is 2.80. The van der Waals surface area contributed by atoms with E-state index >= 15 is 0 Å². The molecular formula is C11H15FN2. The van der Waals surface area contributed by atoms with Gasteiger partial charge in [0.1, 0.15) is 5.82 Å². The van der Waals surface area contributed by atoms with Crippen LogP contribution in [0.5, 0.6) is 0 Å². The van der Waals surface area contributed by atoms with Gasteiger partial charge in [0.05, 0.1) is 0 Å². The Kier molecular flexibility index (Phi) is 2.66. The van der Waals surface area contributed by atoms with E-state index in [0.29, 0.717) is 6.04 Å². The molecule has 0 bridgehead atoms. The fourth-order valence-corrected chi connectivity index (χ4v) is 2.00. The van der Waals surface area contributed by atoms with Crippen LogP contribution in [0, 0.1) is 5.95 Å². The molecule has 2 heterocycles. The van der Waals surface area contributed by atoms with Crippen LogP contribution in [0.15, 0.2) is 18.2 Å². The molecule has 1 aromatic heterocycles. The highest BCUT2D eigenvalue weighted by molar-refractivity contribution is 5.39. The quantitative estimate of drug-likeness (QED) is 0.639. The summed E-state index contributed by atoms with van der Waals surface area (Å²) >= 11 is 0. The van der Waals surface area contributed by atoms with E-state index < -0.39 is 0 Å². The summed E-state index contributed by atoms with van der Waals surface area (Å²) < 4.78 is 12.9. The van der Waals surface area contributed by atoms with Gasteiger partial charge in [0.25, 0.3) is 0 Å². The van der Waals surface area contributed by atoms with Gasteiger partial charge >= 0.3 is 0 Å². The topological polar surface area (TPSA) is 16.1 Å². The van der Waals surface area contributed by atoms with Crippen molar-refractivity contribution < 1.29 is 4.39 Å². The number of hydrogen-bond acceptors (Lipinski definition) is 2. The molecule has 0 radical (unpaired) electrons. The van der Waals surface area contributed by atoms with Crippen molar-refractivity contribution in [1.82, 2.24) is 4.98 Å². The summed E-state index contributed by atoms with van der Waals surface area (Å²) in [5.74, 6) is 0.387. The first-order chi connectivity index (χ1) is 6.77. The minimum Gasteiger partial charge on any atom is -0.354 e. The maximum Gasteiger partial charge on any atom is 0.214 e. The van der Waals surface area contributed by atoms with E-state index in [4.69, 9.17) is 0 Å². The van der Waals surface area contributed by atoms with E-state index in [9.17, 15) is 4.39 Å². The molecule has 1 unspecified atom stereocenters.